The molecule has 1 unspecified atom stereocenters. The van der Waals surface area contributed by atoms with E-state index >= 15 is 0 Å². The van der Waals surface area contributed by atoms with Crippen LogP contribution < -0.4 is 10.6 Å². The van der Waals surface area contributed by atoms with E-state index in [1.54, 1.807) is 12.1 Å². The Labute approximate surface area is 143 Å². The van der Waals surface area contributed by atoms with Gasteiger partial charge in [0.1, 0.15) is 6.04 Å². The molecule has 130 valence electrons. The Morgan fingerprint density at radius 1 is 1.29 bits per heavy atom. The third-order valence-corrected chi connectivity index (χ3v) is 4.25. The summed E-state index contributed by atoms with van der Waals surface area (Å²) in [4.78, 5) is 25.0. The fourth-order valence-corrected chi connectivity index (χ4v) is 2.84. The summed E-state index contributed by atoms with van der Waals surface area (Å²) in [6, 6.07) is 6.60. The van der Waals surface area contributed by atoms with Crippen LogP contribution >= 0.6 is 0 Å². The molecular formula is C19H26N2O3. The number of carbonyl (C=O) groups excluding carboxylic acids is 2. The molecule has 0 heterocycles. The van der Waals surface area contributed by atoms with Crippen LogP contribution in [0, 0.1) is 18.8 Å². The molecule has 3 N–H and O–H groups in total. The van der Waals surface area contributed by atoms with Crippen molar-refractivity contribution in [3.63, 3.8) is 0 Å². The third-order valence-electron chi connectivity index (χ3n) is 4.25. The molecule has 0 aliphatic heterocycles. The first kappa shape index (κ1) is 18.2. The average Bonchev–Trinajstić information content (AvgIpc) is 2.99. The number of nitrogens with one attached hydrogen (secondary N) is 2. The zero-order valence-electron chi connectivity index (χ0n) is 14.5. The van der Waals surface area contributed by atoms with Crippen LogP contribution in [0.3, 0.4) is 0 Å². The largest absolute Gasteiger partial charge is 0.396 e. The fraction of sp³-hybridized carbons (Fsp3) is 0.474. The molecule has 5 heteroatoms. The van der Waals surface area contributed by atoms with Crippen molar-refractivity contribution in [2.24, 2.45) is 11.8 Å². The summed E-state index contributed by atoms with van der Waals surface area (Å²) in [6.07, 6.45) is 4.51. The lowest BCUT2D eigenvalue weighted by atomic mass is 10.0. The second-order valence-electron chi connectivity index (χ2n) is 6.74. The van der Waals surface area contributed by atoms with Gasteiger partial charge in [-0.3, -0.25) is 9.59 Å². The molecule has 0 saturated carbocycles. The van der Waals surface area contributed by atoms with Crippen LogP contribution in [-0.2, 0) is 4.79 Å². The molecule has 1 aromatic carbocycles. The van der Waals surface area contributed by atoms with Gasteiger partial charge in [-0.2, -0.15) is 0 Å². The monoisotopic (exact) mass is 330 g/mol. The number of carbonyl (C=O) groups is 2. The summed E-state index contributed by atoms with van der Waals surface area (Å²) in [7, 11) is 0. The molecule has 1 aliphatic rings. The summed E-state index contributed by atoms with van der Waals surface area (Å²) < 4.78 is 0. The van der Waals surface area contributed by atoms with Crippen LogP contribution in [0.2, 0.25) is 0 Å². The van der Waals surface area contributed by atoms with E-state index < -0.39 is 6.04 Å². The van der Waals surface area contributed by atoms with Crippen molar-refractivity contribution in [3.05, 3.63) is 47.5 Å². The molecule has 0 saturated heterocycles. The number of hydrogen-bond acceptors (Lipinski definition) is 3. The van der Waals surface area contributed by atoms with Gasteiger partial charge in [0, 0.05) is 24.1 Å². The van der Waals surface area contributed by atoms with Crippen LogP contribution in [0.1, 0.15) is 36.2 Å². The van der Waals surface area contributed by atoms with E-state index in [-0.39, 0.29) is 36.3 Å². The van der Waals surface area contributed by atoms with Crippen molar-refractivity contribution in [1.29, 1.82) is 0 Å². The van der Waals surface area contributed by atoms with E-state index in [9.17, 15) is 9.59 Å². The molecule has 1 aromatic rings. The molecule has 2 rings (SSSR count). The maximum absolute atomic E-state index is 12.5. The summed E-state index contributed by atoms with van der Waals surface area (Å²) in [5, 5.41) is 14.9. The van der Waals surface area contributed by atoms with Crippen molar-refractivity contribution in [2.75, 3.05) is 6.61 Å². The summed E-state index contributed by atoms with van der Waals surface area (Å²) >= 11 is 0. The molecule has 0 bridgehead atoms. The number of aliphatic hydroxyl groups excluding tert-OH is 1. The van der Waals surface area contributed by atoms with Gasteiger partial charge in [-0.05, 0) is 31.4 Å². The Balaban J connectivity index is 2.00. The van der Waals surface area contributed by atoms with Gasteiger partial charge in [-0.25, -0.2) is 0 Å². The van der Waals surface area contributed by atoms with Crippen molar-refractivity contribution < 1.29 is 14.7 Å². The van der Waals surface area contributed by atoms with Gasteiger partial charge in [-0.15, -0.1) is 0 Å². The molecule has 24 heavy (non-hydrogen) atoms. The highest BCUT2D eigenvalue weighted by Crippen LogP contribution is 2.17. The minimum atomic E-state index is -0.598. The molecular weight excluding hydrogens is 304 g/mol. The Kier molecular flexibility index (Phi) is 6.15. The third kappa shape index (κ3) is 4.68. The van der Waals surface area contributed by atoms with Crippen molar-refractivity contribution in [1.82, 2.24) is 10.6 Å². The van der Waals surface area contributed by atoms with Crippen molar-refractivity contribution in [2.45, 2.75) is 39.3 Å². The zero-order valence-corrected chi connectivity index (χ0v) is 14.5. The van der Waals surface area contributed by atoms with Gasteiger partial charge >= 0.3 is 0 Å². The molecule has 2 amide bonds. The molecule has 0 radical (unpaired) electrons. The first-order valence-corrected chi connectivity index (χ1v) is 8.37. The lowest BCUT2D eigenvalue weighted by molar-refractivity contribution is -0.124. The number of aryl methyl sites for hydroxylation is 1. The van der Waals surface area contributed by atoms with Gasteiger partial charge in [0.2, 0.25) is 5.91 Å². The summed E-state index contributed by atoms with van der Waals surface area (Å²) in [5.74, 6) is -0.380. The Bertz CT molecular complexity index is 625. The smallest absolute Gasteiger partial charge is 0.251 e. The Morgan fingerprint density at radius 2 is 2.04 bits per heavy atom. The standard InChI is InChI=1S/C19H26N2O3/c1-12(2)17(19(24)20-16-8-7-14(10-16)11-22)21-18(23)15-6-4-5-13(3)9-15/h4-9,12,14,16-17,22H,10-11H2,1-3H3,(H,20,24)(H,21,23)/t14-,16+,17?/m0/s1. The lowest BCUT2D eigenvalue weighted by Crippen LogP contribution is -2.51. The first-order chi connectivity index (χ1) is 11.4. The minimum Gasteiger partial charge on any atom is -0.396 e. The van der Waals surface area contributed by atoms with Crippen LogP contribution in [-0.4, -0.2) is 35.6 Å². The Hall–Kier alpha value is -2.14. The van der Waals surface area contributed by atoms with Crippen LogP contribution in [0.25, 0.3) is 0 Å². The first-order valence-electron chi connectivity index (χ1n) is 8.37. The maximum Gasteiger partial charge on any atom is 0.251 e. The van der Waals surface area contributed by atoms with E-state index in [0.717, 1.165) is 5.56 Å². The van der Waals surface area contributed by atoms with Crippen LogP contribution in [0.5, 0.6) is 0 Å². The predicted molar refractivity (Wildman–Crippen MR) is 93.5 cm³/mol. The normalized spacial score (nSPS) is 20.9. The second kappa shape index (κ2) is 8.11. The van der Waals surface area contributed by atoms with Crippen molar-refractivity contribution >= 4 is 11.8 Å². The highest BCUT2D eigenvalue weighted by Gasteiger charge is 2.28. The molecule has 1 aliphatic carbocycles. The van der Waals surface area contributed by atoms with E-state index in [0.29, 0.717) is 12.0 Å². The SMILES string of the molecule is Cc1cccc(C(=O)NC(C(=O)N[C@@H]2C=C[C@H](CO)C2)C(C)C)c1. The maximum atomic E-state index is 12.5. The van der Waals surface area contributed by atoms with Gasteiger partial charge in [0.15, 0.2) is 0 Å². The summed E-state index contributed by atoms with van der Waals surface area (Å²) in [6.45, 7) is 5.82. The number of benzene rings is 1. The average molecular weight is 330 g/mol. The lowest BCUT2D eigenvalue weighted by Gasteiger charge is -2.24. The molecule has 0 aromatic heterocycles. The topological polar surface area (TPSA) is 78.4 Å². The Morgan fingerprint density at radius 3 is 2.62 bits per heavy atom. The van der Waals surface area contributed by atoms with Gasteiger partial charge < -0.3 is 15.7 Å². The quantitative estimate of drug-likeness (QED) is 0.696. The fourth-order valence-electron chi connectivity index (χ4n) is 2.84. The molecule has 3 atom stereocenters. The number of hydrogen-bond donors (Lipinski definition) is 3. The van der Waals surface area contributed by atoms with E-state index in [2.05, 4.69) is 10.6 Å². The molecule has 0 fully saturated rings. The van der Waals surface area contributed by atoms with Crippen LogP contribution in [0.4, 0.5) is 0 Å². The number of rotatable bonds is 6. The summed E-state index contributed by atoms with van der Waals surface area (Å²) in [5.41, 5.74) is 1.55. The van der Waals surface area contributed by atoms with E-state index in [1.165, 1.54) is 0 Å². The van der Waals surface area contributed by atoms with Gasteiger partial charge in [-0.1, -0.05) is 43.7 Å². The number of aliphatic hydroxyl groups is 1. The number of amides is 2. The van der Waals surface area contributed by atoms with Crippen LogP contribution in [0.15, 0.2) is 36.4 Å². The predicted octanol–water partition coefficient (Wildman–Crippen LogP) is 1.80. The molecule has 5 nitrogen and oxygen atoms in total. The zero-order chi connectivity index (χ0) is 17.7. The van der Waals surface area contributed by atoms with E-state index in [4.69, 9.17) is 5.11 Å². The second-order valence-corrected chi connectivity index (χ2v) is 6.74. The van der Waals surface area contributed by atoms with Gasteiger partial charge in [0.05, 0.1) is 0 Å². The highest BCUT2D eigenvalue weighted by molar-refractivity contribution is 5.97. The van der Waals surface area contributed by atoms with E-state index in [1.807, 2.05) is 45.1 Å². The van der Waals surface area contributed by atoms with Crippen molar-refractivity contribution in [3.8, 4) is 0 Å². The minimum absolute atomic E-state index is 0.0298. The van der Waals surface area contributed by atoms with Gasteiger partial charge in [0.25, 0.3) is 5.91 Å². The molecule has 0 spiro atoms. The highest BCUT2D eigenvalue weighted by atomic mass is 16.3.